The molecule has 1 aliphatic rings. The molecule has 1 atom stereocenters. The van der Waals surface area contributed by atoms with Crippen molar-refractivity contribution in [2.45, 2.75) is 32.7 Å². The summed E-state index contributed by atoms with van der Waals surface area (Å²) in [6.45, 7) is 4.43. The van der Waals surface area contributed by atoms with Crippen molar-refractivity contribution in [1.82, 2.24) is 15.1 Å². The molecular weight excluding hydrogens is 426 g/mol. The van der Waals surface area contributed by atoms with Crippen molar-refractivity contribution in [3.8, 4) is 16.3 Å². The minimum absolute atomic E-state index is 0.257. The van der Waals surface area contributed by atoms with Gasteiger partial charge in [-0.1, -0.05) is 41.7 Å². The van der Waals surface area contributed by atoms with Crippen LogP contribution in [0.1, 0.15) is 24.0 Å². The maximum Gasteiger partial charge on any atom is 0.322 e. The van der Waals surface area contributed by atoms with Gasteiger partial charge in [0.2, 0.25) is 11.0 Å². The first-order chi connectivity index (χ1) is 15.5. The van der Waals surface area contributed by atoms with E-state index in [0.29, 0.717) is 23.1 Å². The third-order valence-corrected chi connectivity index (χ3v) is 6.39. The van der Waals surface area contributed by atoms with E-state index in [1.807, 2.05) is 56.3 Å². The number of hydrogen-bond donors (Lipinski definition) is 2. The van der Waals surface area contributed by atoms with Crippen LogP contribution in [-0.2, 0) is 4.79 Å². The van der Waals surface area contributed by atoms with Crippen molar-refractivity contribution in [3.05, 3.63) is 53.6 Å². The first-order valence-corrected chi connectivity index (χ1v) is 11.2. The fourth-order valence-electron chi connectivity index (χ4n) is 3.81. The van der Waals surface area contributed by atoms with Crippen LogP contribution >= 0.6 is 11.3 Å². The first kappa shape index (κ1) is 21.8. The highest BCUT2D eigenvalue weighted by Gasteiger charge is 2.35. The molecule has 3 amide bonds. The fraction of sp³-hybridized carbons (Fsp3) is 0.304. The Morgan fingerprint density at radius 1 is 1.09 bits per heavy atom. The molecule has 2 N–H and O–H groups in total. The highest BCUT2D eigenvalue weighted by molar-refractivity contribution is 7.18. The van der Waals surface area contributed by atoms with E-state index >= 15 is 0 Å². The Morgan fingerprint density at radius 2 is 1.84 bits per heavy atom. The van der Waals surface area contributed by atoms with Gasteiger partial charge >= 0.3 is 6.03 Å². The number of rotatable bonds is 5. The molecule has 3 aromatic rings. The van der Waals surface area contributed by atoms with E-state index in [0.717, 1.165) is 34.5 Å². The van der Waals surface area contributed by atoms with Gasteiger partial charge in [0.25, 0.3) is 0 Å². The number of amides is 3. The van der Waals surface area contributed by atoms with Crippen molar-refractivity contribution in [2.24, 2.45) is 0 Å². The number of carbonyl (C=O) groups is 2. The van der Waals surface area contributed by atoms with Gasteiger partial charge in [0.05, 0.1) is 7.11 Å². The lowest BCUT2D eigenvalue weighted by Crippen LogP contribution is -2.45. The fourth-order valence-corrected chi connectivity index (χ4v) is 4.55. The molecule has 0 radical (unpaired) electrons. The Labute approximate surface area is 190 Å². The Morgan fingerprint density at radius 3 is 2.59 bits per heavy atom. The topological polar surface area (TPSA) is 96.5 Å². The number of benzene rings is 2. The van der Waals surface area contributed by atoms with E-state index in [9.17, 15) is 9.59 Å². The molecule has 32 heavy (non-hydrogen) atoms. The highest BCUT2D eigenvalue weighted by Crippen LogP contribution is 2.30. The quantitative estimate of drug-likeness (QED) is 0.597. The predicted octanol–water partition coefficient (Wildman–Crippen LogP) is 4.47. The Hall–Kier alpha value is -3.46. The van der Waals surface area contributed by atoms with Crippen LogP contribution in [0.3, 0.4) is 0 Å². The van der Waals surface area contributed by atoms with Crippen molar-refractivity contribution in [3.63, 3.8) is 0 Å². The normalized spacial score (nSPS) is 15.5. The Bertz CT molecular complexity index is 1130. The van der Waals surface area contributed by atoms with Crippen LogP contribution in [0, 0.1) is 13.8 Å². The first-order valence-electron chi connectivity index (χ1n) is 10.4. The summed E-state index contributed by atoms with van der Waals surface area (Å²) >= 11 is 1.28. The smallest absolute Gasteiger partial charge is 0.322 e. The molecule has 1 saturated heterocycles. The SMILES string of the molecule is COc1cccc(-c2nnc(NC(=O)C3CCCN3C(=O)Nc3c(C)cccc3C)s2)c1. The summed E-state index contributed by atoms with van der Waals surface area (Å²) in [6.07, 6.45) is 1.37. The standard InChI is InChI=1S/C23H25N5O3S/c1-14-7-4-8-15(2)19(14)24-23(30)28-12-6-11-18(28)20(29)25-22-27-26-21(32-22)16-9-5-10-17(13-16)31-3/h4-5,7-10,13,18H,6,11-12H2,1-3H3,(H,24,30)(H,25,27,29). The zero-order valence-corrected chi connectivity index (χ0v) is 19.0. The Kier molecular flexibility index (Phi) is 6.36. The highest BCUT2D eigenvalue weighted by atomic mass is 32.1. The zero-order valence-electron chi connectivity index (χ0n) is 18.2. The minimum atomic E-state index is -0.552. The van der Waals surface area contributed by atoms with E-state index in [1.54, 1.807) is 12.0 Å². The molecule has 2 heterocycles. The van der Waals surface area contributed by atoms with Gasteiger partial charge in [-0.25, -0.2) is 4.79 Å². The number of para-hydroxylation sites is 1. The molecule has 1 aliphatic heterocycles. The van der Waals surface area contributed by atoms with Gasteiger partial charge in [0.1, 0.15) is 16.8 Å². The molecule has 1 aromatic heterocycles. The second-order valence-electron chi connectivity index (χ2n) is 7.68. The average Bonchev–Trinajstić information content (AvgIpc) is 3.46. The van der Waals surface area contributed by atoms with Crippen molar-refractivity contribution < 1.29 is 14.3 Å². The number of nitrogens with zero attached hydrogens (tertiary/aromatic N) is 3. The lowest BCUT2D eigenvalue weighted by atomic mass is 10.1. The minimum Gasteiger partial charge on any atom is -0.497 e. The van der Waals surface area contributed by atoms with Gasteiger partial charge in [-0.3, -0.25) is 10.1 Å². The molecule has 0 saturated carbocycles. The van der Waals surface area contributed by atoms with Gasteiger partial charge < -0.3 is 15.0 Å². The molecule has 8 nitrogen and oxygen atoms in total. The molecule has 0 spiro atoms. The largest absolute Gasteiger partial charge is 0.497 e. The second kappa shape index (κ2) is 9.35. The van der Waals surface area contributed by atoms with E-state index in [4.69, 9.17) is 4.74 Å². The van der Waals surface area contributed by atoms with Crippen LogP contribution in [0.5, 0.6) is 5.75 Å². The van der Waals surface area contributed by atoms with Crippen molar-refractivity contribution in [2.75, 3.05) is 24.3 Å². The van der Waals surface area contributed by atoms with Gasteiger partial charge in [-0.2, -0.15) is 0 Å². The number of ether oxygens (including phenoxy) is 1. The van der Waals surface area contributed by atoms with Crippen LogP contribution in [0.4, 0.5) is 15.6 Å². The summed E-state index contributed by atoms with van der Waals surface area (Å²) in [5.41, 5.74) is 3.61. The number of aryl methyl sites for hydroxylation is 2. The third kappa shape index (κ3) is 4.57. The van der Waals surface area contributed by atoms with Crippen molar-refractivity contribution >= 4 is 34.1 Å². The summed E-state index contributed by atoms with van der Waals surface area (Å²) in [4.78, 5) is 27.5. The molecule has 166 valence electrons. The maximum absolute atomic E-state index is 12.9. The molecule has 2 aromatic carbocycles. The number of hydrogen-bond acceptors (Lipinski definition) is 6. The van der Waals surface area contributed by atoms with E-state index in [2.05, 4.69) is 20.8 Å². The number of anilines is 2. The number of carbonyl (C=O) groups excluding carboxylic acids is 2. The predicted molar refractivity (Wildman–Crippen MR) is 125 cm³/mol. The lowest BCUT2D eigenvalue weighted by molar-refractivity contribution is -0.119. The van der Waals surface area contributed by atoms with E-state index in [-0.39, 0.29) is 11.9 Å². The summed E-state index contributed by atoms with van der Waals surface area (Å²) in [6, 6.07) is 12.5. The molecule has 1 unspecified atom stereocenters. The summed E-state index contributed by atoms with van der Waals surface area (Å²) in [5, 5.41) is 15.1. The molecule has 9 heteroatoms. The zero-order chi connectivity index (χ0) is 22.7. The van der Waals surface area contributed by atoms with Crippen LogP contribution < -0.4 is 15.4 Å². The van der Waals surface area contributed by atoms with Crippen LogP contribution in [0.25, 0.3) is 10.6 Å². The Balaban J connectivity index is 1.44. The molecule has 0 bridgehead atoms. The average molecular weight is 452 g/mol. The second-order valence-corrected chi connectivity index (χ2v) is 8.66. The molecule has 0 aliphatic carbocycles. The molecular formula is C23H25N5O3S. The van der Waals surface area contributed by atoms with Crippen LogP contribution in [0.15, 0.2) is 42.5 Å². The summed E-state index contributed by atoms with van der Waals surface area (Å²) in [5.74, 6) is 0.465. The third-order valence-electron chi connectivity index (χ3n) is 5.50. The van der Waals surface area contributed by atoms with E-state index < -0.39 is 6.04 Å². The van der Waals surface area contributed by atoms with Gasteiger partial charge in [-0.05, 0) is 49.9 Å². The number of methoxy groups -OCH3 is 1. The number of nitrogens with one attached hydrogen (secondary N) is 2. The number of likely N-dealkylation sites (tertiary alicyclic amines) is 1. The van der Waals surface area contributed by atoms with Crippen LogP contribution in [0.2, 0.25) is 0 Å². The van der Waals surface area contributed by atoms with Gasteiger partial charge in [0.15, 0.2) is 0 Å². The summed E-state index contributed by atoms with van der Waals surface area (Å²) in [7, 11) is 1.61. The van der Waals surface area contributed by atoms with Gasteiger partial charge in [-0.15, -0.1) is 10.2 Å². The van der Waals surface area contributed by atoms with Crippen molar-refractivity contribution in [1.29, 1.82) is 0 Å². The number of urea groups is 1. The van der Waals surface area contributed by atoms with Crippen LogP contribution in [-0.4, -0.2) is 46.7 Å². The van der Waals surface area contributed by atoms with Gasteiger partial charge in [0, 0.05) is 17.8 Å². The monoisotopic (exact) mass is 451 g/mol. The summed E-state index contributed by atoms with van der Waals surface area (Å²) < 4.78 is 5.25. The maximum atomic E-state index is 12.9. The molecule has 1 fully saturated rings. The number of aromatic nitrogens is 2. The molecule has 4 rings (SSSR count). The van der Waals surface area contributed by atoms with E-state index in [1.165, 1.54) is 11.3 Å². The lowest BCUT2D eigenvalue weighted by Gasteiger charge is -2.24.